The topological polar surface area (TPSA) is 244 Å². The molecule has 0 aromatic heterocycles. The standard InChI is InChI=1S/C34H48F4N6O11S/c1-3-12-44(54-4-2)34(47)22-19-23(24(21-39)43-25(40)20-22)41-10-6-5-7-11-42-26(45)8-13-51-15-17-53-18-16-52-14-9-27(46)55-32-28(35)30(37)33(56(48,49)50)31(38)29(32)36/h19,21H,3-18,20,39H2,1-2H3,(H2,40,43)(H,42,45)(H,48,49,50)/b24-21+,41-23?. The van der Waals surface area contributed by atoms with Crippen molar-refractivity contribution in [2.75, 3.05) is 65.9 Å². The highest BCUT2D eigenvalue weighted by molar-refractivity contribution is 7.85. The van der Waals surface area contributed by atoms with Crippen molar-refractivity contribution in [1.82, 2.24) is 10.4 Å². The van der Waals surface area contributed by atoms with Crippen molar-refractivity contribution in [3.05, 3.63) is 46.8 Å². The van der Waals surface area contributed by atoms with Crippen molar-refractivity contribution in [3.63, 3.8) is 0 Å². The number of amides is 2. The van der Waals surface area contributed by atoms with Gasteiger partial charge in [0.1, 0.15) is 11.5 Å². The molecule has 1 aliphatic rings. The predicted molar refractivity (Wildman–Crippen MR) is 193 cm³/mol. The molecule has 17 nitrogen and oxygen atoms in total. The van der Waals surface area contributed by atoms with Crippen LogP contribution in [-0.2, 0) is 43.5 Å². The Labute approximate surface area is 321 Å². The third-order valence-corrected chi connectivity index (χ3v) is 8.22. The summed E-state index contributed by atoms with van der Waals surface area (Å²) in [5.41, 5.74) is 13.0. The van der Waals surface area contributed by atoms with E-state index >= 15 is 0 Å². The van der Waals surface area contributed by atoms with Gasteiger partial charge in [-0.2, -0.15) is 17.2 Å². The summed E-state index contributed by atoms with van der Waals surface area (Å²) in [5.74, 6) is -13.0. The maximum absolute atomic E-state index is 14.0. The lowest BCUT2D eigenvalue weighted by molar-refractivity contribution is -0.180. The lowest BCUT2D eigenvalue weighted by atomic mass is 10.1. The number of hydroxylamine groups is 2. The molecule has 56 heavy (non-hydrogen) atoms. The molecule has 0 saturated heterocycles. The van der Waals surface area contributed by atoms with Gasteiger partial charge in [-0.3, -0.25) is 28.8 Å². The predicted octanol–water partition coefficient (Wildman–Crippen LogP) is 2.63. The number of hydrogen-bond acceptors (Lipinski definition) is 14. The van der Waals surface area contributed by atoms with Crippen molar-refractivity contribution in [1.29, 1.82) is 0 Å². The molecule has 1 aromatic rings. The number of benzene rings is 1. The number of aliphatic imine (C=N–C) groups is 2. The van der Waals surface area contributed by atoms with Crippen LogP contribution in [0.1, 0.15) is 58.8 Å². The third-order valence-electron chi connectivity index (χ3n) is 7.34. The van der Waals surface area contributed by atoms with E-state index in [4.69, 9.17) is 35.1 Å². The number of nitrogens with one attached hydrogen (secondary N) is 1. The molecule has 0 atom stereocenters. The zero-order valence-electron chi connectivity index (χ0n) is 31.1. The van der Waals surface area contributed by atoms with Gasteiger partial charge in [0.15, 0.2) is 16.5 Å². The highest BCUT2D eigenvalue weighted by Crippen LogP contribution is 2.32. The number of esters is 1. The summed E-state index contributed by atoms with van der Waals surface area (Å²) in [6.07, 6.45) is 5.50. The average Bonchev–Trinajstić information content (AvgIpc) is 3.31. The Balaban J connectivity index is 1.56. The Hall–Kier alpha value is -4.48. The number of nitrogens with zero attached hydrogens (tertiary/aromatic N) is 3. The van der Waals surface area contributed by atoms with Crippen molar-refractivity contribution < 1.29 is 68.7 Å². The highest BCUT2D eigenvalue weighted by atomic mass is 32.2. The Bertz CT molecular complexity index is 1710. The second-order valence-corrected chi connectivity index (χ2v) is 13.1. The largest absolute Gasteiger partial charge is 0.420 e. The van der Waals surface area contributed by atoms with Crippen LogP contribution in [0.5, 0.6) is 5.75 Å². The van der Waals surface area contributed by atoms with E-state index < -0.39 is 56.4 Å². The van der Waals surface area contributed by atoms with Gasteiger partial charge in [-0.05, 0) is 38.7 Å². The second-order valence-electron chi connectivity index (χ2n) is 11.7. The number of carbonyl (C=O) groups is 3. The molecule has 0 unspecified atom stereocenters. The number of amidine groups is 1. The number of rotatable bonds is 25. The van der Waals surface area contributed by atoms with Gasteiger partial charge in [0.25, 0.3) is 5.91 Å². The van der Waals surface area contributed by atoms with Crippen LogP contribution in [0.25, 0.3) is 0 Å². The lowest BCUT2D eigenvalue weighted by Crippen LogP contribution is -2.34. The molecule has 1 aromatic carbocycles. The van der Waals surface area contributed by atoms with E-state index in [0.29, 0.717) is 62.5 Å². The molecule has 0 bridgehead atoms. The van der Waals surface area contributed by atoms with Gasteiger partial charge in [-0.1, -0.05) is 6.92 Å². The molecule has 0 aliphatic carbocycles. The molecular weight excluding hydrogens is 776 g/mol. The Kier molecular flexibility index (Phi) is 21.2. The lowest BCUT2D eigenvalue weighted by Gasteiger charge is -2.21. The first-order valence-electron chi connectivity index (χ1n) is 17.6. The Morgan fingerprint density at radius 3 is 2.12 bits per heavy atom. The van der Waals surface area contributed by atoms with Crippen molar-refractivity contribution >= 4 is 39.4 Å². The van der Waals surface area contributed by atoms with Crippen LogP contribution in [0, 0.1) is 23.3 Å². The number of hydrogen-bond donors (Lipinski definition) is 4. The molecular formula is C34H48F4N6O11S. The summed E-state index contributed by atoms with van der Waals surface area (Å²) >= 11 is 0. The van der Waals surface area contributed by atoms with E-state index in [1.54, 1.807) is 13.0 Å². The minimum Gasteiger partial charge on any atom is -0.420 e. The zero-order valence-corrected chi connectivity index (χ0v) is 31.9. The van der Waals surface area contributed by atoms with Crippen LogP contribution in [-0.4, -0.2) is 113 Å². The molecule has 0 saturated carbocycles. The van der Waals surface area contributed by atoms with E-state index in [1.165, 1.54) is 11.3 Å². The molecule has 1 heterocycles. The van der Waals surface area contributed by atoms with Gasteiger partial charge < -0.3 is 35.7 Å². The normalized spacial score (nSPS) is 14.7. The van der Waals surface area contributed by atoms with Crippen molar-refractivity contribution in [2.45, 2.75) is 63.7 Å². The van der Waals surface area contributed by atoms with Gasteiger partial charge in [0.2, 0.25) is 23.3 Å². The minimum atomic E-state index is -5.65. The van der Waals surface area contributed by atoms with Gasteiger partial charge in [0.05, 0.1) is 58.4 Å². The van der Waals surface area contributed by atoms with E-state index in [1.807, 2.05) is 6.92 Å². The second kappa shape index (κ2) is 24.9. The summed E-state index contributed by atoms with van der Waals surface area (Å²) in [4.78, 5) is 49.1. The first-order valence-corrected chi connectivity index (χ1v) is 19.1. The van der Waals surface area contributed by atoms with Gasteiger partial charge in [-0.25, -0.2) is 18.8 Å². The minimum absolute atomic E-state index is 0.0143. The quantitative estimate of drug-likeness (QED) is 0.0211. The van der Waals surface area contributed by atoms with Crippen LogP contribution in [0.3, 0.4) is 0 Å². The SMILES string of the molecule is CCCN(OCC)C(=O)C1=CC(=NCCCCCNC(=O)CCOCCOCCOCCC(=O)Oc2c(F)c(F)c(S(=O)(=O)O)c(F)c2F)/C(=C\N)N=C(N)C1. The van der Waals surface area contributed by atoms with Gasteiger partial charge in [-0.15, -0.1) is 0 Å². The monoisotopic (exact) mass is 824 g/mol. The van der Waals surface area contributed by atoms with Crippen LogP contribution < -0.4 is 21.5 Å². The molecule has 2 rings (SSSR count). The maximum Gasteiger partial charge on any atom is 0.313 e. The first kappa shape index (κ1) is 47.7. The van der Waals surface area contributed by atoms with Crippen LogP contribution in [0.4, 0.5) is 17.6 Å². The first-order chi connectivity index (χ1) is 26.7. The molecule has 0 fully saturated rings. The summed E-state index contributed by atoms with van der Waals surface area (Å²) < 4.78 is 106. The molecule has 0 radical (unpaired) electrons. The molecule has 22 heteroatoms. The fourth-order valence-electron chi connectivity index (χ4n) is 4.73. The number of halogens is 4. The van der Waals surface area contributed by atoms with Crippen molar-refractivity contribution in [3.8, 4) is 5.75 Å². The average molecular weight is 825 g/mol. The third kappa shape index (κ3) is 15.9. The number of unbranched alkanes of at least 4 members (excludes halogenated alkanes) is 2. The van der Waals surface area contributed by atoms with E-state index in [-0.39, 0.29) is 70.1 Å². The Morgan fingerprint density at radius 1 is 0.946 bits per heavy atom. The van der Waals surface area contributed by atoms with Crippen LogP contribution >= 0.6 is 0 Å². The number of nitrogens with two attached hydrogens (primary N) is 2. The summed E-state index contributed by atoms with van der Waals surface area (Å²) in [5, 5.41) is 4.12. The Morgan fingerprint density at radius 2 is 1.55 bits per heavy atom. The zero-order chi connectivity index (χ0) is 41.7. The molecule has 1 aliphatic heterocycles. The fraction of sp³-hybridized carbons (Fsp3) is 0.559. The van der Waals surface area contributed by atoms with Crippen LogP contribution in [0.2, 0.25) is 0 Å². The van der Waals surface area contributed by atoms with E-state index in [0.717, 1.165) is 6.42 Å². The summed E-state index contributed by atoms with van der Waals surface area (Å²) in [6, 6.07) is 0. The molecule has 314 valence electrons. The summed E-state index contributed by atoms with van der Waals surface area (Å²) in [7, 11) is -5.65. The highest BCUT2D eigenvalue weighted by Gasteiger charge is 2.34. The van der Waals surface area contributed by atoms with Crippen molar-refractivity contribution in [2.24, 2.45) is 21.5 Å². The van der Waals surface area contributed by atoms with Gasteiger partial charge >= 0.3 is 16.1 Å². The van der Waals surface area contributed by atoms with E-state index in [9.17, 15) is 40.4 Å². The summed E-state index contributed by atoms with van der Waals surface area (Å²) in [6.45, 7) is 5.61. The smallest absolute Gasteiger partial charge is 0.313 e. The molecule has 2 amide bonds. The van der Waals surface area contributed by atoms with Gasteiger partial charge in [0, 0.05) is 44.2 Å². The van der Waals surface area contributed by atoms with Crippen LogP contribution in [0.15, 0.2) is 38.4 Å². The molecule has 6 N–H and O–H groups in total. The number of allylic oxidation sites excluding steroid dienone is 1. The van der Waals surface area contributed by atoms with E-state index in [2.05, 4.69) is 20.0 Å². The number of ether oxygens (including phenoxy) is 4. The fourth-order valence-corrected chi connectivity index (χ4v) is 5.36. The number of carbonyl (C=O) groups excluding carboxylic acids is 3. The molecule has 0 spiro atoms. The maximum atomic E-state index is 14.0.